The second kappa shape index (κ2) is 6.03. The molecule has 2 saturated carbocycles. The molecule has 3 fully saturated rings. The van der Waals surface area contributed by atoms with E-state index in [0.717, 1.165) is 13.0 Å². The molecule has 0 aromatic rings. The summed E-state index contributed by atoms with van der Waals surface area (Å²) in [6.07, 6.45) is 4.42. The van der Waals surface area contributed by atoms with Gasteiger partial charge in [-0.2, -0.15) is 0 Å². The molecule has 0 unspecified atom stereocenters. The lowest BCUT2D eigenvalue weighted by atomic mass is 9.58. The minimum absolute atomic E-state index is 0.137. The van der Waals surface area contributed by atoms with Gasteiger partial charge in [0.15, 0.2) is 0 Å². The number of fused-ring (bicyclic) bond motifs is 1. The monoisotopic (exact) mass is 323 g/mol. The predicted octanol–water partition coefficient (Wildman–Crippen LogP) is 3.01. The first-order valence-corrected chi connectivity index (χ1v) is 9.23. The second-order valence-electron chi connectivity index (χ2n) is 8.87. The summed E-state index contributed by atoms with van der Waals surface area (Å²) in [5.41, 5.74) is 0.419. The molecule has 0 aromatic carbocycles. The maximum Gasteiger partial charge on any atom is 0.222 e. The summed E-state index contributed by atoms with van der Waals surface area (Å²) in [5.74, 6) is 1.98. The van der Waals surface area contributed by atoms with Crippen molar-refractivity contribution in [2.24, 2.45) is 28.6 Å². The molecule has 2 bridgehead atoms. The molecule has 5 atom stereocenters. The zero-order valence-electron chi connectivity index (χ0n) is 15.4. The van der Waals surface area contributed by atoms with Gasteiger partial charge in [-0.1, -0.05) is 27.7 Å². The van der Waals surface area contributed by atoms with Crippen LogP contribution in [0.1, 0.15) is 53.4 Å². The zero-order chi connectivity index (χ0) is 16.8. The van der Waals surface area contributed by atoms with Crippen LogP contribution < -0.4 is 5.32 Å². The maximum atomic E-state index is 12.4. The third kappa shape index (κ3) is 2.62. The Morgan fingerprint density at radius 1 is 1.39 bits per heavy atom. The number of methoxy groups -OCH3 is 1. The number of hydrogen-bond donors (Lipinski definition) is 1. The van der Waals surface area contributed by atoms with E-state index in [1.165, 1.54) is 12.8 Å². The molecule has 2 aliphatic carbocycles. The van der Waals surface area contributed by atoms with Crippen molar-refractivity contribution in [3.05, 3.63) is 0 Å². The van der Waals surface area contributed by atoms with Gasteiger partial charge in [0.05, 0.1) is 12.7 Å². The Morgan fingerprint density at radius 3 is 2.78 bits per heavy atom. The van der Waals surface area contributed by atoms with Gasteiger partial charge in [0.1, 0.15) is 0 Å². The lowest BCUT2D eigenvalue weighted by molar-refractivity contribution is -0.144. The zero-order valence-corrected chi connectivity index (χ0v) is 15.4. The van der Waals surface area contributed by atoms with E-state index in [1.807, 2.05) is 0 Å². The number of carbonyl (C=O) groups is 1. The van der Waals surface area contributed by atoms with Crippen molar-refractivity contribution in [3.63, 3.8) is 0 Å². The van der Waals surface area contributed by atoms with Crippen molar-refractivity contribution in [2.75, 3.05) is 20.3 Å². The molecule has 1 heterocycles. The van der Waals surface area contributed by atoms with Crippen LogP contribution in [0.5, 0.6) is 0 Å². The van der Waals surface area contributed by atoms with Gasteiger partial charge in [-0.25, -0.2) is 0 Å². The van der Waals surface area contributed by atoms with E-state index in [9.17, 15) is 4.79 Å². The first kappa shape index (κ1) is 17.2. The van der Waals surface area contributed by atoms with Crippen LogP contribution in [0.4, 0.5) is 0 Å². The number of rotatable bonds is 5. The molecule has 3 rings (SSSR count). The average Bonchev–Trinajstić information content (AvgIpc) is 2.98. The summed E-state index contributed by atoms with van der Waals surface area (Å²) in [6.45, 7) is 10.6. The highest BCUT2D eigenvalue weighted by atomic mass is 16.5. The van der Waals surface area contributed by atoms with Crippen LogP contribution in [0.25, 0.3) is 0 Å². The summed E-state index contributed by atoms with van der Waals surface area (Å²) in [7, 11) is 1.65. The molecule has 1 aliphatic heterocycles. The number of amides is 1. The van der Waals surface area contributed by atoms with Crippen molar-refractivity contribution in [2.45, 2.75) is 65.5 Å². The molecule has 3 aliphatic rings. The van der Waals surface area contributed by atoms with Crippen LogP contribution in [0.2, 0.25) is 0 Å². The van der Waals surface area contributed by atoms with Gasteiger partial charge >= 0.3 is 0 Å². The predicted molar refractivity (Wildman–Crippen MR) is 90.0 cm³/mol. The molecular weight excluding hydrogens is 290 g/mol. The Morgan fingerprint density at radius 2 is 2.13 bits per heavy atom. The van der Waals surface area contributed by atoms with E-state index in [-0.39, 0.29) is 22.8 Å². The molecule has 1 saturated heterocycles. The van der Waals surface area contributed by atoms with Crippen LogP contribution in [-0.2, 0) is 14.3 Å². The number of hydrogen-bond acceptors (Lipinski definition) is 3. The van der Waals surface area contributed by atoms with Gasteiger partial charge in [-0.3, -0.25) is 4.79 Å². The van der Waals surface area contributed by atoms with Crippen molar-refractivity contribution >= 4 is 5.91 Å². The molecule has 1 spiro atoms. The first-order chi connectivity index (χ1) is 10.8. The summed E-state index contributed by atoms with van der Waals surface area (Å²) in [4.78, 5) is 12.4. The second-order valence-corrected chi connectivity index (χ2v) is 8.87. The van der Waals surface area contributed by atoms with E-state index in [1.54, 1.807) is 7.11 Å². The van der Waals surface area contributed by atoms with E-state index in [0.29, 0.717) is 36.9 Å². The lowest BCUT2D eigenvalue weighted by Gasteiger charge is -2.54. The van der Waals surface area contributed by atoms with Gasteiger partial charge in [0.2, 0.25) is 5.91 Å². The van der Waals surface area contributed by atoms with E-state index in [2.05, 4.69) is 33.0 Å². The normalized spacial score (nSPS) is 41.1. The first-order valence-electron chi connectivity index (χ1n) is 9.23. The van der Waals surface area contributed by atoms with Gasteiger partial charge in [0.25, 0.3) is 0 Å². The maximum absolute atomic E-state index is 12.4. The highest BCUT2D eigenvalue weighted by Crippen LogP contribution is 2.69. The molecular formula is C19H33NO3. The van der Waals surface area contributed by atoms with Crippen molar-refractivity contribution < 1.29 is 14.3 Å². The Labute approximate surface area is 140 Å². The SMILES string of the molecule is COCCC(=O)N[C@H]1C(C)(C)[C@@H]2C[C@@H]3[C@@H](C(C)C)OCC[C@@]31C2. The fourth-order valence-electron chi connectivity index (χ4n) is 5.92. The third-order valence-corrected chi connectivity index (χ3v) is 7.04. The molecule has 1 N–H and O–H groups in total. The number of nitrogens with one attached hydrogen (secondary N) is 1. The molecule has 0 radical (unpaired) electrons. The van der Waals surface area contributed by atoms with Gasteiger partial charge < -0.3 is 14.8 Å². The molecule has 1 amide bonds. The van der Waals surface area contributed by atoms with Crippen LogP contribution in [0.3, 0.4) is 0 Å². The number of carbonyl (C=O) groups excluding carboxylic acids is 1. The highest BCUT2D eigenvalue weighted by Gasteiger charge is 2.68. The van der Waals surface area contributed by atoms with Crippen LogP contribution in [-0.4, -0.2) is 38.4 Å². The van der Waals surface area contributed by atoms with Crippen LogP contribution in [0.15, 0.2) is 0 Å². The lowest BCUT2D eigenvalue weighted by Crippen LogP contribution is -2.60. The fraction of sp³-hybridized carbons (Fsp3) is 0.947. The quantitative estimate of drug-likeness (QED) is 0.846. The minimum atomic E-state index is 0.137. The van der Waals surface area contributed by atoms with E-state index >= 15 is 0 Å². The van der Waals surface area contributed by atoms with Gasteiger partial charge in [-0.15, -0.1) is 0 Å². The summed E-state index contributed by atoms with van der Waals surface area (Å²) < 4.78 is 11.2. The summed E-state index contributed by atoms with van der Waals surface area (Å²) in [5, 5.41) is 3.41. The average molecular weight is 323 g/mol. The Bertz CT molecular complexity index is 462. The molecule has 4 heteroatoms. The third-order valence-electron chi connectivity index (χ3n) is 7.04. The molecule has 4 nitrogen and oxygen atoms in total. The standard InChI is InChI=1S/C19H33NO3/c1-12(2)16-14-10-13-11-19(14,7-9-23-16)17(18(13,3)4)20-15(21)6-8-22-5/h12-14,16-17H,6-11H2,1-5H3,(H,20,21)/t13-,14-,16-,17+,19-/m1/s1. The largest absolute Gasteiger partial charge is 0.384 e. The van der Waals surface area contributed by atoms with Gasteiger partial charge in [-0.05, 0) is 47.8 Å². The summed E-state index contributed by atoms with van der Waals surface area (Å²) in [6, 6.07) is 0.272. The molecule has 0 aromatic heterocycles. The minimum Gasteiger partial charge on any atom is -0.384 e. The molecule has 23 heavy (non-hydrogen) atoms. The Hall–Kier alpha value is -0.610. The topological polar surface area (TPSA) is 47.6 Å². The van der Waals surface area contributed by atoms with Crippen LogP contribution in [0, 0.1) is 28.6 Å². The van der Waals surface area contributed by atoms with Crippen molar-refractivity contribution in [1.29, 1.82) is 0 Å². The van der Waals surface area contributed by atoms with Crippen molar-refractivity contribution in [1.82, 2.24) is 5.32 Å². The highest BCUT2D eigenvalue weighted by molar-refractivity contribution is 5.76. The smallest absolute Gasteiger partial charge is 0.222 e. The fourth-order valence-corrected chi connectivity index (χ4v) is 5.92. The molecule has 132 valence electrons. The van der Waals surface area contributed by atoms with Gasteiger partial charge in [0, 0.05) is 26.2 Å². The van der Waals surface area contributed by atoms with E-state index < -0.39 is 0 Å². The number of ether oxygens (including phenoxy) is 2. The van der Waals surface area contributed by atoms with E-state index in [4.69, 9.17) is 9.47 Å². The summed E-state index contributed by atoms with van der Waals surface area (Å²) >= 11 is 0. The van der Waals surface area contributed by atoms with Crippen LogP contribution >= 0.6 is 0 Å². The Kier molecular flexibility index (Phi) is 4.52. The van der Waals surface area contributed by atoms with Crippen molar-refractivity contribution in [3.8, 4) is 0 Å². The Balaban J connectivity index is 1.84.